The number of halogens is 1. The second-order valence-corrected chi connectivity index (χ2v) is 6.89. The second-order valence-electron chi connectivity index (χ2n) is 5.18. The predicted octanol–water partition coefficient (Wildman–Crippen LogP) is 4.84. The van der Waals surface area contributed by atoms with Crippen LogP contribution in [-0.4, -0.2) is 11.2 Å². The molecule has 0 unspecified atom stereocenters. The highest BCUT2D eigenvalue weighted by Gasteiger charge is 2.17. The highest BCUT2D eigenvalue weighted by molar-refractivity contribution is 8.00. The average molecular weight is 334 g/mol. The Bertz CT molecular complexity index is 627. The van der Waals surface area contributed by atoms with Crippen LogP contribution >= 0.6 is 23.4 Å². The molecule has 0 aromatic heterocycles. The third-order valence-corrected chi connectivity index (χ3v) is 4.93. The van der Waals surface area contributed by atoms with E-state index in [1.807, 2.05) is 43.3 Å². The van der Waals surface area contributed by atoms with Gasteiger partial charge in [-0.1, -0.05) is 48.4 Å². The summed E-state index contributed by atoms with van der Waals surface area (Å²) in [6.07, 6.45) is 0.785. The van der Waals surface area contributed by atoms with Crippen LogP contribution in [0.4, 0.5) is 0 Å². The van der Waals surface area contributed by atoms with Gasteiger partial charge in [-0.2, -0.15) is 0 Å². The molecular formula is C18H20ClNOS. The number of nitrogens with one attached hydrogen (secondary N) is 1. The van der Waals surface area contributed by atoms with Crippen LogP contribution in [0.5, 0.6) is 0 Å². The lowest BCUT2D eigenvalue weighted by Gasteiger charge is -2.15. The van der Waals surface area contributed by atoms with Gasteiger partial charge in [0.1, 0.15) is 0 Å². The number of carbonyl (C=O) groups excluding carboxylic acids is 1. The number of hydrogen-bond donors (Lipinski definition) is 1. The highest BCUT2D eigenvalue weighted by Crippen LogP contribution is 2.26. The van der Waals surface area contributed by atoms with Gasteiger partial charge in [0.05, 0.1) is 5.25 Å². The van der Waals surface area contributed by atoms with Crippen molar-refractivity contribution in [2.45, 2.75) is 37.0 Å². The highest BCUT2D eigenvalue weighted by atomic mass is 35.5. The Labute approximate surface area is 141 Å². The molecule has 0 aliphatic heterocycles. The van der Waals surface area contributed by atoms with Crippen LogP contribution in [0.2, 0.25) is 5.02 Å². The lowest BCUT2D eigenvalue weighted by molar-refractivity contribution is -0.120. The first-order valence-corrected chi connectivity index (χ1v) is 8.59. The Morgan fingerprint density at radius 2 is 1.95 bits per heavy atom. The normalized spacial score (nSPS) is 12.0. The van der Waals surface area contributed by atoms with Crippen LogP contribution < -0.4 is 5.32 Å². The van der Waals surface area contributed by atoms with Gasteiger partial charge in [-0.3, -0.25) is 4.79 Å². The van der Waals surface area contributed by atoms with Crippen molar-refractivity contribution in [3.63, 3.8) is 0 Å². The maximum absolute atomic E-state index is 12.3. The SMILES string of the molecule is CC[C@H](Sc1ccc(Cl)cc1)C(=O)NCc1cccc(C)c1. The molecule has 2 aromatic rings. The summed E-state index contributed by atoms with van der Waals surface area (Å²) in [7, 11) is 0. The minimum absolute atomic E-state index is 0.0731. The fraction of sp³-hybridized carbons (Fsp3) is 0.278. The quantitative estimate of drug-likeness (QED) is 0.767. The zero-order chi connectivity index (χ0) is 15.9. The van der Waals surface area contributed by atoms with Gasteiger partial charge in [-0.15, -0.1) is 11.8 Å². The van der Waals surface area contributed by atoms with Crippen molar-refractivity contribution in [1.29, 1.82) is 0 Å². The summed E-state index contributed by atoms with van der Waals surface area (Å²) in [4.78, 5) is 13.4. The molecule has 0 spiro atoms. The standard InChI is InChI=1S/C18H20ClNOS/c1-3-17(22-16-9-7-15(19)8-10-16)18(21)20-12-14-6-4-5-13(2)11-14/h4-11,17H,3,12H2,1-2H3,(H,20,21)/t17-/m0/s1. The number of aryl methyl sites for hydroxylation is 1. The van der Waals surface area contributed by atoms with Crippen molar-refractivity contribution >= 4 is 29.3 Å². The molecule has 116 valence electrons. The zero-order valence-electron chi connectivity index (χ0n) is 12.8. The van der Waals surface area contributed by atoms with Gasteiger partial charge in [0.2, 0.25) is 5.91 Å². The van der Waals surface area contributed by atoms with Crippen molar-refractivity contribution in [3.05, 3.63) is 64.7 Å². The van der Waals surface area contributed by atoms with E-state index < -0.39 is 0 Å². The number of benzene rings is 2. The van der Waals surface area contributed by atoms with Gasteiger partial charge < -0.3 is 5.32 Å². The molecule has 0 radical (unpaired) electrons. The van der Waals surface area contributed by atoms with E-state index in [-0.39, 0.29) is 11.2 Å². The van der Waals surface area contributed by atoms with Crippen molar-refractivity contribution in [1.82, 2.24) is 5.32 Å². The Morgan fingerprint density at radius 1 is 1.23 bits per heavy atom. The lowest BCUT2D eigenvalue weighted by Crippen LogP contribution is -2.31. The third kappa shape index (κ3) is 5.08. The molecule has 0 fully saturated rings. The van der Waals surface area contributed by atoms with Crippen LogP contribution in [0, 0.1) is 6.92 Å². The van der Waals surface area contributed by atoms with Gasteiger partial charge in [0.25, 0.3) is 0 Å². The van der Waals surface area contributed by atoms with Gasteiger partial charge in [0, 0.05) is 16.5 Å². The maximum Gasteiger partial charge on any atom is 0.233 e. The second kappa shape index (κ2) is 8.25. The molecule has 22 heavy (non-hydrogen) atoms. The maximum atomic E-state index is 12.3. The molecule has 2 aromatic carbocycles. The number of hydrogen-bond acceptors (Lipinski definition) is 2. The van der Waals surface area contributed by atoms with E-state index >= 15 is 0 Å². The number of thioether (sulfide) groups is 1. The molecule has 1 amide bonds. The zero-order valence-corrected chi connectivity index (χ0v) is 14.4. The molecule has 2 rings (SSSR count). The summed E-state index contributed by atoms with van der Waals surface area (Å²) < 4.78 is 0. The van der Waals surface area contributed by atoms with Crippen molar-refractivity contribution in [2.24, 2.45) is 0 Å². The largest absolute Gasteiger partial charge is 0.351 e. The molecule has 0 saturated heterocycles. The smallest absolute Gasteiger partial charge is 0.233 e. The summed E-state index contributed by atoms with van der Waals surface area (Å²) in [6.45, 7) is 4.65. The first kappa shape index (κ1) is 16.9. The molecule has 0 saturated carbocycles. The van der Waals surface area contributed by atoms with Crippen LogP contribution in [-0.2, 0) is 11.3 Å². The summed E-state index contributed by atoms with van der Waals surface area (Å²) >= 11 is 7.46. The fourth-order valence-electron chi connectivity index (χ4n) is 2.12. The van der Waals surface area contributed by atoms with Gasteiger partial charge in [-0.05, 0) is 43.2 Å². The van der Waals surface area contributed by atoms with E-state index in [1.165, 1.54) is 5.56 Å². The molecule has 0 aliphatic carbocycles. The summed E-state index contributed by atoms with van der Waals surface area (Å²) in [5.74, 6) is 0.0731. The Kier molecular flexibility index (Phi) is 6.34. The van der Waals surface area contributed by atoms with Crippen molar-refractivity contribution < 1.29 is 4.79 Å². The fourth-order valence-corrected chi connectivity index (χ4v) is 3.23. The van der Waals surface area contributed by atoms with E-state index in [1.54, 1.807) is 11.8 Å². The van der Waals surface area contributed by atoms with E-state index in [0.29, 0.717) is 11.6 Å². The van der Waals surface area contributed by atoms with Gasteiger partial charge in [0.15, 0.2) is 0 Å². The summed E-state index contributed by atoms with van der Waals surface area (Å²) in [6, 6.07) is 15.8. The van der Waals surface area contributed by atoms with E-state index in [4.69, 9.17) is 11.6 Å². The summed E-state index contributed by atoms with van der Waals surface area (Å²) in [5.41, 5.74) is 2.33. The van der Waals surface area contributed by atoms with Crippen LogP contribution in [0.1, 0.15) is 24.5 Å². The first-order chi connectivity index (χ1) is 10.6. The molecule has 0 bridgehead atoms. The summed E-state index contributed by atoms with van der Waals surface area (Å²) in [5, 5.41) is 3.64. The topological polar surface area (TPSA) is 29.1 Å². The molecular weight excluding hydrogens is 314 g/mol. The number of carbonyl (C=O) groups is 1. The molecule has 1 atom stereocenters. The molecule has 4 heteroatoms. The van der Waals surface area contributed by atoms with Crippen LogP contribution in [0.15, 0.2) is 53.4 Å². The van der Waals surface area contributed by atoms with Crippen LogP contribution in [0.25, 0.3) is 0 Å². The van der Waals surface area contributed by atoms with Crippen molar-refractivity contribution in [2.75, 3.05) is 0 Å². The predicted molar refractivity (Wildman–Crippen MR) is 94.4 cm³/mol. The Morgan fingerprint density at radius 3 is 2.59 bits per heavy atom. The van der Waals surface area contributed by atoms with Crippen LogP contribution in [0.3, 0.4) is 0 Å². The number of rotatable bonds is 6. The first-order valence-electron chi connectivity index (χ1n) is 7.34. The molecule has 0 aliphatic rings. The molecule has 1 N–H and O–H groups in total. The molecule has 2 nitrogen and oxygen atoms in total. The minimum atomic E-state index is -0.0917. The monoisotopic (exact) mass is 333 g/mol. The average Bonchev–Trinajstić information content (AvgIpc) is 2.52. The van der Waals surface area contributed by atoms with E-state index in [2.05, 4.69) is 24.4 Å². The minimum Gasteiger partial charge on any atom is -0.351 e. The Hall–Kier alpha value is -1.45. The molecule has 0 heterocycles. The van der Waals surface area contributed by atoms with E-state index in [9.17, 15) is 4.79 Å². The van der Waals surface area contributed by atoms with Gasteiger partial charge >= 0.3 is 0 Å². The van der Waals surface area contributed by atoms with E-state index in [0.717, 1.165) is 16.9 Å². The third-order valence-electron chi connectivity index (χ3n) is 3.30. The number of amides is 1. The lowest BCUT2D eigenvalue weighted by atomic mass is 10.1. The van der Waals surface area contributed by atoms with Gasteiger partial charge in [-0.25, -0.2) is 0 Å². The Balaban J connectivity index is 1.92. The van der Waals surface area contributed by atoms with Crippen molar-refractivity contribution in [3.8, 4) is 0 Å².